The van der Waals surface area contributed by atoms with E-state index in [0.29, 0.717) is 0 Å². The topological polar surface area (TPSA) is 17.6 Å². The van der Waals surface area contributed by atoms with E-state index in [4.69, 9.17) is 0 Å². The molecule has 1 atom stereocenters. The van der Waals surface area contributed by atoms with Gasteiger partial charge in [-0.05, 0) is 121 Å². The van der Waals surface area contributed by atoms with Gasteiger partial charge in [-0.25, -0.2) is 0 Å². The van der Waals surface area contributed by atoms with Crippen LogP contribution in [0.1, 0.15) is 44.5 Å². The first-order chi connectivity index (χ1) is 50.7. The first kappa shape index (κ1) is 52.8. The van der Waals surface area contributed by atoms with Crippen LogP contribution in [0.15, 0.2) is 328 Å². The zero-order chi connectivity index (χ0) is 65.7. The molecule has 4 nitrogen and oxygen atoms in total. The van der Waals surface area contributed by atoms with Gasteiger partial charge in [-0.15, -0.1) is 0 Å². The van der Waals surface area contributed by atoms with Crippen LogP contribution in [0.4, 0.5) is 0 Å². The summed E-state index contributed by atoms with van der Waals surface area (Å²) in [6.45, 7) is 0. The summed E-state index contributed by atoms with van der Waals surface area (Å²) in [7, 11) is 0. The van der Waals surface area contributed by atoms with Crippen LogP contribution in [0.5, 0.6) is 0 Å². The lowest BCUT2D eigenvalue weighted by Gasteiger charge is -2.34. The predicted molar refractivity (Wildman–Crippen MR) is 425 cm³/mol. The van der Waals surface area contributed by atoms with Crippen LogP contribution in [-0.2, 0) is 10.8 Å². The van der Waals surface area contributed by atoms with Crippen molar-refractivity contribution >= 4 is 152 Å². The first-order valence-electron chi connectivity index (χ1n) is 35.8. The maximum Gasteiger partial charge on any atom is 0.0734 e. The summed E-state index contributed by atoms with van der Waals surface area (Å²) in [6, 6.07) is 126. The molecule has 2 aliphatic carbocycles. The van der Waals surface area contributed by atoms with Gasteiger partial charge in [0.1, 0.15) is 0 Å². The minimum Gasteiger partial charge on any atom is -0.308 e. The average molecular weight is 1290 g/mol. The van der Waals surface area contributed by atoms with Gasteiger partial charge in [-0.3, -0.25) is 0 Å². The third-order valence-electron chi connectivity index (χ3n) is 25.0. The molecular formula is C98H54N4. The summed E-state index contributed by atoms with van der Waals surface area (Å²) in [5, 5.41) is 20.5. The first-order valence-corrected chi connectivity index (χ1v) is 35.8. The highest BCUT2D eigenvalue weighted by atomic mass is 15.0. The molecular weight excluding hydrogens is 1230 g/mol. The van der Waals surface area contributed by atoms with Gasteiger partial charge < -0.3 is 17.6 Å². The van der Waals surface area contributed by atoms with Gasteiger partial charge in [0, 0.05) is 97.3 Å². The Morgan fingerprint density at radius 1 is 0.186 bits per heavy atom. The van der Waals surface area contributed by atoms with Crippen molar-refractivity contribution < 1.29 is 0 Å². The molecule has 466 valence electrons. The van der Waals surface area contributed by atoms with E-state index in [-0.39, 0.29) is 0 Å². The number of fused-ring (bicyclic) bond motifs is 34. The highest BCUT2D eigenvalue weighted by Gasteiger charge is 2.50. The molecule has 8 aromatic heterocycles. The molecule has 16 aromatic carbocycles. The van der Waals surface area contributed by atoms with Crippen molar-refractivity contribution in [2.45, 2.75) is 10.8 Å². The monoisotopic (exact) mass is 1290 g/mol. The highest BCUT2D eigenvalue weighted by molar-refractivity contribution is 6.41. The molecule has 1 unspecified atom stereocenters. The van der Waals surface area contributed by atoms with E-state index in [0.717, 1.165) is 0 Å². The summed E-state index contributed by atoms with van der Waals surface area (Å²) in [5.74, 6) is 0. The normalized spacial score (nSPS) is 15.2. The largest absolute Gasteiger partial charge is 0.308 e. The molecule has 0 amide bonds. The third kappa shape index (κ3) is 5.83. The second kappa shape index (κ2) is 18.1. The Balaban J connectivity index is 0.779. The van der Waals surface area contributed by atoms with Crippen LogP contribution in [-0.4, -0.2) is 17.6 Å². The predicted octanol–water partition coefficient (Wildman–Crippen LogP) is 24.7. The number of hydrogen-bond donors (Lipinski definition) is 0. The van der Waals surface area contributed by atoms with E-state index in [1.807, 2.05) is 0 Å². The van der Waals surface area contributed by atoms with Crippen LogP contribution < -0.4 is 0 Å². The maximum absolute atomic E-state index is 2.69. The number of benzene rings is 16. The zero-order valence-electron chi connectivity index (χ0n) is 55.0. The van der Waals surface area contributed by atoms with E-state index >= 15 is 0 Å². The number of nitrogens with zero attached hydrogens (tertiary/aromatic N) is 4. The Hall–Kier alpha value is -13.3. The zero-order valence-corrected chi connectivity index (χ0v) is 55.0. The van der Waals surface area contributed by atoms with E-state index < -0.39 is 10.8 Å². The minimum atomic E-state index is -0.755. The Morgan fingerprint density at radius 3 is 1.24 bits per heavy atom. The molecule has 2 aliphatic rings. The fourth-order valence-corrected chi connectivity index (χ4v) is 21.4. The third-order valence-corrected chi connectivity index (χ3v) is 25.0. The Kier molecular flexibility index (Phi) is 9.39. The van der Waals surface area contributed by atoms with Gasteiger partial charge in [-0.2, -0.15) is 0 Å². The van der Waals surface area contributed by atoms with Crippen molar-refractivity contribution in [3.05, 3.63) is 372 Å². The van der Waals surface area contributed by atoms with Crippen LogP contribution >= 0.6 is 0 Å². The van der Waals surface area contributed by atoms with Crippen molar-refractivity contribution in [3.8, 4) is 33.4 Å². The number of rotatable bonds is 5. The van der Waals surface area contributed by atoms with Crippen LogP contribution in [0.25, 0.3) is 186 Å². The SMILES string of the molecule is c1ccc(C2(c3ccccc3)c3ccccc3-c3c2ccc2c4c5c6cc(-c7cccc(C8(c9ccccc9)c9ccccc9-c9ccc%10c%11c%12c%13cccc%14c%15ccccc%15n(c%12cc%12c%15ccccc%15n(c%10c98)c%12%11)c%14%13)c7)cc7c8ccccc8n(c5cc5c8ccccc8n(c32)c54)c76)cc1. The van der Waals surface area contributed by atoms with E-state index in [1.54, 1.807) is 0 Å². The van der Waals surface area contributed by atoms with Crippen molar-refractivity contribution in [1.82, 2.24) is 17.6 Å². The molecule has 24 aromatic rings. The lowest BCUT2D eigenvalue weighted by Crippen LogP contribution is -2.29. The molecule has 0 N–H and O–H groups in total. The van der Waals surface area contributed by atoms with Gasteiger partial charge >= 0.3 is 0 Å². The van der Waals surface area contributed by atoms with Gasteiger partial charge in [0.25, 0.3) is 0 Å². The van der Waals surface area contributed by atoms with Crippen molar-refractivity contribution in [3.63, 3.8) is 0 Å². The lowest BCUT2D eigenvalue weighted by molar-refractivity contribution is 0.769. The smallest absolute Gasteiger partial charge is 0.0734 e. The minimum absolute atomic E-state index is 0.552. The molecule has 4 heteroatoms. The number of aromatic nitrogens is 4. The molecule has 0 aliphatic heterocycles. The van der Waals surface area contributed by atoms with E-state index in [9.17, 15) is 0 Å². The Morgan fingerprint density at radius 2 is 0.608 bits per heavy atom. The van der Waals surface area contributed by atoms with E-state index in [1.165, 1.54) is 230 Å². The standard InChI is InChI=1S/C98H54N4/c1-4-25-57(26-5-1)97(58-27-6-2-7-28-58)77-41-17-11-37-68(77)85-78(97)49-48-70-88-87-75-52-56(51-72-63-34-13-19-43-80(63)100(92(72)75)84(87)54-73-64-35-14-20-44-81(64)101(93(70)85)94(73)88)55-24-22-31-60(50-55)98(59-29-8-3-9-30-59)76-40-16-10-32-61(76)66-46-47-71-89-86-69-39-23-38-67-62-33-12-18-42-79(62)99(91(67)69)83(86)53-74-65-36-15-21-45-82(65)102(95(74)89)96(71)90(66)98/h1-54H. The summed E-state index contributed by atoms with van der Waals surface area (Å²) in [4.78, 5) is 0. The summed E-state index contributed by atoms with van der Waals surface area (Å²) >= 11 is 0. The molecule has 0 radical (unpaired) electrons. The quantitative estimate of drug-likeness (QED) is 0.163. The highest BCUT2D eigenvalue weighted by Crippen LogP contribution is 2.63. The summed E-state index contributed by atoms with van der Waals surface area (Å²) < 4.78 is 10.5. The molecule has 0 saturated heterocycles. The second-order valence-electron chi connectivity index (χ2n) is 29.2. The van der Waals surface area contributed by atoms with E-state index in [2.05, 4.69) is 345 Å². The molecule has 102 heavy (non-hydrogen) atoms. The Bertz CT molecular complexity index is 7820. The molecule has 0 saturated carbocycles. The van der Waals surface area contributed by atoms with Crippen molar-refractivity contribution in [2.75, 3.05) is 0 Å². The van der Waals surface area contributed by atoms with Gasteiger partial charge in [0.15, 0.2) is 0 Å². The van der Waals surface area contributed by atoms with Gasteiger partial charge in [0.05, 0.1) is 77.0 Å². The molecule has 8 heterocycles. The van der Waals surface area contributed by atoms with Crippen LogP contribution in [0, 0.1) is 0 Å². The van der Waals surface area contributed by atoms with Gasteiger partial charge in [0.2, 0.25) is 0 Å². The van der Waals surface area contributed by atoms with Crippen LogP contribution in [0.3, 0.4) is 0 Å². The molecule has 0 fully saturated rings. The van der Waals surface area contributed by atoms with Crippen molar-refractivity contribution in [2.24, 2.45) is 0 Å². The fraction of sp³-hybridized carbons (Fsp3) is 0.0204. The molecule has 0 bridgehead atoms. The summed E-state index contributed by atoms with van der Waals surface area (Å²) in [6.07, 6.45) is 0. The van der Waals surface area contributed by atoms with Gasteiger partial charge in [-0.1, -0.05) is 273 Å². The second-order valence-corrected chi connectivity index (χ2v) is 29.2. The average Bonchev–Trinajstić information content (AvgIpc) is 1.49. The number of para-hydroxylation sites is 5. The van der Waals surface area contributed by atoms with Crippen molar-refractivity contribution in [1.29, 1.82) is 0 Å². The molecule has 26 rings (SSSR count). The van der Waals surface area contributed by atoms with Crippen LogP contribution in [0.2, 0.25) is 0 Å². The fourth-order valence-electron chi connectivity index (χ4n) is 21.4. The Labute approximate surface area is 582 Å². The molecule has 0 spiro atoms. The summed E-state index contributed by atoms with van der Waals surface area (Å²) in [5.41, 5.74) is 31.5. The lowest BCUT2D eigenvalue weighted by atomic mass is 9.67. The number of hydrogen-bond acceptors (Lipinski definition) is 0. The maximum atomic E-state index is 2.69.